The third-order valence-electron chi connectivity index (χ3n) is 16.3. The summed E-state index contributed by atoms with van der Waals surface area (Å²) in [6.07, 6.45) is 51.5. The molecule has 0 aliphatic heterocycles. The van der Waals surface area contributed by atoms with Crippen molar-refractivity contribution in [3.8, 4) is 0 Å². The smallest absolute Gasteiger partial charge is 0.215 e. The highest BCUT2D eigenvalue weighted by Crippen LogP contribution is 2.18. The summed E-state index contributed by atoms with van der Waals surface area (Å²) in [4.78, 5) is 36.5. The normalized spacial score (nSPS) is 11.8. The fourth-order valence-electron chi connectivity index (χ4n) is 10.3. The first-order valence-corrected chi connectivity index (χ1v) is 47.3. The van der Waals surface area contributed by atoms with Crippen molar-refractivity contribution in [2.75, 3.05) is 183 Å². The first-order valence-electron chi connectivity index (χ1n) is 40.1. The minimum Gasteiger partial charge on any atom is -0.415 e. The third-order valence-corrected chi connectivity index (χ3v) is 22.6. The molecule has 0 heterocycles. The number of ether oxygens (including phenoxy) is 12. The molecule has 0 amide bonds. The van der Waals surface area contributed by atoms with Gasteiger partial charge in [-0.2, -0.15) is 25.3 Å². The summed E-state index contributed by atoms with van der Waals surface area (Å²) in [7, 11) is -3.51. The van der Waals surface area contributed by atoms with Crippen LogP contribution in [0.4, 0.5) is 0 Å². The monoisotopic (exact) mass is 1510 g/mol. The maximum atomic E-state index is 10.5. The van der Waals surface area contributed by atoms with Gasteiger partial charge in [0.05, 0.1) is 145 Å². The third kappa shape index (κ3) is 106. The van der Waals surface area contributed by atoms with Crippen LogP contribution < -0.4 is 0 Å². The van der Waals surface area contributed by atoms with Crippen LogP contribution in [0, 0.1) is 0 Å². The lowest BCUT2D eigenvalue weighted by atomic mass is 10.1. The number of rotatable bonds is 83. The van der Waals surface area contributed by atoms with E-state index < -0.39 is 16.6 Å². The first kappa shape index (κ1) is 108. The summed E-state index contributed by atoms with van der Waals surface area (Å²) in [6.45, 7) is 32.9. The molecule has 18 nitrogen and oxygen atoms in total. The van der Waals surface area contributed by atoms with Gasteiger partial charge in [0.25, 0.3) is 0 Å². The number of hydrogen-bond acceptors (Lipinski definition) is 20. The van der Waals surface area contributed by atoms with E-state index in [1.165, 1.54) is 199 Å². The van der Waals surface area contributed by atoms with Crippen molar-refractivity contribution in [3.05, 3.63) is 0 Å². The molecule has 0 N–H and O–H groups in total. The molecule has 0 saturated heterocycles. The minimum absolute atomic E-state index is 0.425. The van der Waals surface area contributed by atoms with E-state index in [0.717, 1.165) is 94.7 Å². The molecule has 0 rings (SSSR count). The zero-order chi connectivity index (χ0) is 74.4. The zero-order valence-corrected chi connectivity index (χ0v) is 69.7. The van der Waals surface area contributed by atoms with E-state index in [1.54, 1.807) is 0 Å². The molecule has 0 radical (unpaired) electrons. The average molecular weight is 1510 g/mol. The van der Waals surface area contributed by atoms with Crippen LogP contribution >= 0.6 is 25.3 Å². The van der Waals surface area contributed by atoms with Crippen molar-refractivity contribution < 1.29 is 84.9 Å². The van der Waals surface area contributed by atoms with E-state index in [2.05, 4.69) is 65.7 Å². The number of hydrogen-bond donors (Lipinski definition) is 2. The highest BCUT2D eigenvalue weighted by molar-refractivity contribution is 7.80. The zero-order valence-electron chi connectivity index (χ0n) is 65.9. The van der Waals surface area contributed by atoms with E-state index in [4.69, 9.17) is 75.3 Å². The number of carbonyl (C=O) groups is 4. The van der Waals surface area contributed by atoms with Crippen LogP contribution in [0.3, 0.4) is 0 Å². The van der Waals surface area contributed by atoms with Crippen LogP contribution in [0.1, 0.15) is 265 Å². The average Bonchev–Trinajstić information content (AvgIpc) is 0.987. The Morgan fingerprint density at radius 2 is 0.480 bits per heavy atom. The summed E-state index contributed by atoms with van der Waals surface area (Å²) in [6, 6.07) is 2.14. The predicted molar refractivity (Wildman–Crippen MR) is 427 cm³/mol. The second-order valence-electron chi connectivity index (χ2n) is 26.2. The van der Waals surface area contributed by atoms with Crippen LogP contribution in [-0.4, -0.2) is 226 Å². The van der Waals surface area contributed by atoms with Crippen molar-refractivity contribution in [1.29, 1.82) is 0 Å². The molecule has 0 aromatic rings. The molecule has 0 bridgehead atoms. The Hall–Kier alpha value is -0.746. The Labute approximate surface area is 628 Å². The Morgan fingerprint density at radius 3 is 0.760 bits per heavy atom. The van der Waals surface area contributed by atoms with Crippen molar-refractivity contribution in [2.24, 2.45) is 0 Å². The molecule has 0 aromatic carbocycles. The Morgan fingerprint density at radius 1 is 0.250 bits per heavy atom. The summed E-state index contributed by atoms with van der Waals surface area (Å²) in [5.41, 5.74) is 0. The van der Waals surface area contributed by atoms with Gasteiger partial charge in [0, 0.05) is 39.3 Å². The molecule has 1 atom stereocenters. The van der Waals surface area contributed by atoms with Crippen LogP contribution in [0.25, 0.3) is 0 Å². The molecule has 0 spiro atoms. The van der Waals surface area contributed by atoms with E-state index in [-0.39, 0.29) is 0 Å². The van der Waals surface area contributed by atoms with Gasteiger partial charge in [-0.3, -0.25) is 0 Å². The number of aldehydes is 2. The maximum absolute atomic E-state index is 10.5. The first-order chi connectivity index (χ1) is 49.2. The van der Waals surface area contributed by atoms with Crippen molar-refractivity contribution in [3.63, 3.8) is 0 Å². The van der Waals surface area contributed by atoms with Crippen LogP contribution in [0.15, 0.2) is 0 Å². The van der Waals surface area contributed by atoms with Gasteiger partial charge in [0.2, 0.25) is 8.32 Å². The van der Waals surface area contributed by atoms with E-state index in [9.17, 15) is 9.59 Å². The predicted octanol–water partition coefficient (Wildman–Crippen LogP) is 18.3. The maximum Gasteiger partial charge on any atom is 0.215 e. The summed E-state index contributed by atoms with van der Waals surface area (Å²) in [5, 5.41) is 0. The summed E-state index contributed by atoms with van der Waals surface area (Å²) >= 11 is 8.58. The molecule has 0 saturated carbocycles. The second kappa shape index (κ2) is 102. The molecule has 22 heteroatoms. The molecule has 602 valence electrons. The molecule has 0 fully saturated rings. The Bertz CT molecular complexity index is 1450. The second-order valence-corrected chi connectivity index (χ2v) is 35.4. The van der Waals surface area contributed by atoms with Gasteiger partial charge in [0.1, 0.15) is 26.2 Å². The fourth-order valence-corrected chi connectivity index (χ4v) is 15.5. The van der Waals surface area contributed by atoms with Crippen molar-refractivity contribution >= 4 is 68.0 Å². The van der Waals surface area contributed by atoms with E-state index >= 15 is 0 Å². The minimum atomic E-state index is -1.97. The van der Waals surface area contributed by atoms with Crippen molar-refractivity contribution in [1.82, 2.24) is 0 Å². The molecular formula is C78H162O18S2Si2. The quantitative estimate of drug-likeness (QED) is 0.0252. The van der Waals surface area contributed by atoms with E-state index in [1.807, 2.05) is 13.6 Å². The highest BCUT2D eigenvalue weighted by atomic mass is 32.1. The van der Waals surface area contributed by atoms with Gasteiger partial charge in [-0.25, -0.2) is 0 Å². The molecule has 0 aromatic heterocycles. The van der Waals surface area contributed by atoms with Crippen LogP contribution in [-0.2, 0) is 84.9 Å². The summed E-state index contributed by atoms with van der Waals surface area (Å²) in [5.74, 6) is 1.76. The topological polar surface area (TPSA) is 197 Å². The fraction of sp³-hybridized carbons (Fsp3) is 0.949. The van der Waals surface area contributed by atoms with Gasteiger partial charge in [-0.05, 0) is 81.8 Å². The molecule has 100 heavy (non-hydrogen) atoms. The number of unbranched alkanes of at least 4 members (excludes halogenated alkanes) is 31. The highest BCUT2D eigenvalue weighted by Gasteiger charge is 2.29. The number of thiol groups is 2. The van der Waals surface area contributed by atoms with Crippen molar-refractivity contribution in [2.45, 2.75) is 296 Å². The lowest BCUT2D eigenvalue weighted by Gasteiger charge is -2.27. The SMILES string of the molecule is C=O.C=O.CCCCCCCCCCCCCOCCCC=O.CCCCCCCCCCCCCOCCOCCOCCOCCOCCO[Si](C)(C)CCCS.CCCCCCCCCCCCCOCCOCCOCCOCCOCCO[Si](C)(CCCS)COCCC=O. The molecule has 1 unspecified atom stereocenters. The molecular weight excluding hydrogens is 1350 g/mol. The van der Waals surface area contributed by atoms with Crippen LogP contribution in [0.5, 0.6) is 0 Å². The molecule has 0 aliphatic carbocycles. The van der Waals surface area contributed by atoms with Crippen LogP contribution in [0.2, 0.25) is 31.7 Å². The van der Waals surface area contributed by atoms with Gasteiger partial charge in [-0.15, -0.1) is 0 Å². The number of carbonyl (C=O) groups excluding carboxylic acids is 4. The van der Waals surface area contributed by atoms with E-state index in [0.29, 0.717) is 158 Å². The lowest BCUT2D eigenvalue weighted by Crippen LogP contribution is -2.41. The van der Waals surface area contributed by atoms with Gasteiger partial charge in [0.15, 0.2) is 8.32 Å². The largest absolute Gasteiger partial charge is 0.415 e. The molecule has 0 aliphatic rings. The lowest BCUT2D eigenvalue weighted by molar-refractivity contribution is -0.109. The Kier molecular flexibility index (Phi) is 110. The summed E-state index contributed by atoms with van der Waals surface area (Å²) < 4.78 is 79.0. The standard InChI is InChI=1S/C31H64O8SSi.C28H60O6SSi.C17H34O2.2CH2O/c1-3-4-5-6-7-8-9-10-11-12-13-17-33-19-20-34-21-22-35-23-24-36-25-26-37-27-28-39-41(2,30-15-29-40)31-38-18-14-16-32;1-4-5-6-7-8-9-10-11-12-13-14-16-29-17-18-30-19-20-31-21-22-32-23-24-33-25-26-34-36(2,3)28-15-27-35;1-2-3-4-5-6-7-8-9-10-11-13-16-19-17-14-12-15-18;2*1-2/h16,40H,3-15,17-31H2,1-2H3;35H,4-28H2,1-3H3;15H,2-14,16-17H2,1H3;2*1H2. The van der Waals surface area contributed by atoms with Gasteiger partial charge in [-0.1, -0.05) is 213 Å². The Balaban J connectivity index is -0.000000465. The van der Waals surface area contributed by atoms with Gasteiger partial charge < -0.3 is 84.9 Å². The van der Waals surface area contributed by atoms with Gasteiger partial charge >= 0.3 is 0 Å².